The Morgan fingerprint density at radius 2 is 1.51 bits per heavy atom. The second-order valence-electron chi connectivity index (χ2n) is 9.20. The van der Waals surface area contributed by atoms with Crippen LogP contribution >= 0.6 is 0 Å². The van der Waals surface area contributed by atoms with Crippen LogP contribution in [0.15, 0.2) is 77.6 Å². The molecule has 0 saturated carbocycles. The molecule has 1 saturated heterocycles. The normalized spacial score (nSPS) is 14.4. The van der Waals surface area contributed by atoms with Crippen molar-refractivity contribution in [3.63, 3.8) is 0 Å². The van der Waals surface area contributed by atoms with Gasteiger partial charge in [0.25, 0.3) is 5.56 Å². The monoisotopic (exact) mass is 467 g/mol. The van der Waals surface area contributed by atoms with Gasteiger partial charge in [0.1, 0.15) is 0 Å². The summed E-state index contributed by atoms with van der Waals surface area (Å²) in [4.78, 5) is 30.8. The number of carbonyl (C=O) groups is 1. The first kappa shape index (κ1) is 22.9. The van der Waals surface area contributed by atoms with Crippen molar-refractivity contribution in [3.8, 4) is 5.69 Å². The Morgan fingerprint density at radius 1 is 0.857 bits per heavy atom. The van der Waals surface area contributed by atoms with Gasteiger partial charge < -0.3 is 10.0 Å². The molecule has 1 aliphatic rings. The average Bonchev–Trinajstić information content (AvgIpc) is 2.85. The van der Waals surface area contributed by atoms with Crippen molar-refractivity contribution in [3.05, 3.63) is 106 Å². The molecule has 3 aromatic carbocycles. The zero-order chi connectivity index (χ0) is 24.5. The van der Waals surface area contributed by atoms with Crippen molar-refractivity contribution >= 4 is 22.4 Å². The maximum atomic E-state index is 13.6. The van der Waals surface area contributed by atoms with Crippen LogP contribution in [0.4, 0.5) is 5.69 Å². The third-order valence-corrected chi connectivity index (χ3v) is 6.86. The molecule has 1 aliphatic heterocycles. The van der Waals surface area contributed by atoms with E-state index >= 15 is 0 Å². The lowest BCUT2D eigenvalue weighted by atomic mass is 10.0. The summed E-state index contributed by atoms with van der Waals surface area (Å²) >= 11 is 0. The molecule has 0 spiro atoms. The van der Waals surface area contributed by atoms with E-state index < -0.39 is 5.97 Å². The van der Waals surface area contributed by atoms with Crippen molar-refractivity contribution < 1.29 is 9.90 Å². The van der Waals surface area contributed by atoms with Crippen LogP contribution in [0.3, 0.4) is 0 Å². The molecule has 0 unspecified atom stereocenters. The molecule has 4 aromatic rings. The number of aromatic nitrogens is 1. The Hall–Kier alpha value is -3.90. The first-order valence-corrected chi connectivity index (χ1v) is 11.9. The fraction of sp³-hybridized carbons (Fsp3) is 0.241. The molecular formula is C29H29N3O3. The largest absolute Gasteiger partial charge is 0.478 e. The number of carboxylic acids is 1. The first-order valence-electron chi connectivity index (χ1n) is 11.9. The lowest BCUT2D eigenvalue weighted by molar-refractivity contribution is 0.0695. The van der Waals surface area contributed by atoms with Crippen molar-refractivity contribution in [1.29, 1.82) is 0 Å². The van der Waals surface area contributed by atoms with Crippen molar-refractivity contribution in [2.45, 2.75) is 20.4 Å². The minimum Gasteiger partial charge on any atom is -0.478 e. The predicted molar refractivity (Wildman–Crippen MR) is 140 cm³/mol. The summed E-state index contributed by atoms with van der Waals surface area (Å²) in [5.41, 5.74) is 4.96. The second-order valence-corrected chi connectivity index (χ2v) is 9.20. The van der Waals surface area contributed by atoms with E-state index in [1.807, 2.05) is 30.3 Å². The fourth-order valence-corrected chi connectivity index (χ4v) is 5.16. The van der Waals surface area contributed by atoms with Gasteiger partial charge in [-0.3, -0.25) is 14.3 Å². The summed E-state index contributed by atoms with van der Waals surface area (Å²) in [6, 6.07) is 22.8. The van der Waals surface area contributed by atoms with E-state index in [2.05, 4.69) is 41.8 Å². The smallest absolute Gasteiger partial charge is 0.338 e. The van der Waals surface area contributed by atoms with Gasteiger partial charge in [0.05, 0.1) is 11.3 Å². The van der Waals surface area contributed by atoms with Crippen LogP contribution in [0.2, 0.25) is 0 Å². The lowest BCUT2D eigenvalue weighted by Crippen LogP contribution is -2.47. The van der Waals surface area contributed by atoms with E-state index in [0.29, 0.717) is 28.7 Å². The van der Waals surface area contributed by atoms with Gasteiger partial charge in [-0.05, 0) is 43.7 Å². The van der Waals surface area contributed by atoms with Gasteiger partial charge in [0.15, 0.2) is 0 Å². The average molecular weight is 468 g/mol. The van der Waals surface area contributed by atoms with E-state index in [-0.39, 0.29) is 11.1 Å². The molecule has 0 bridgehead atoms. The topological polar surface area (TPSA) is 65.8 Å². The van der Waals surface area contributed by atoms with Gasteiger partial charge in [-0.25, -0.2) is 4.79 Å². The highest BCUT2D eigenvalue weighted by Crippen LogP contribution is 2.26. The molecule has 1 fully saturated rings. The van der Waals surface area contributed by atoms with Crippen LogP contribution in [0.1, 0.15) is 27.2 Å². The quantitative estimate of drug-likeness (QED) is 0.464. The number of anilines is 1. The number of carboxylic acid groups (broad SMARTS) is 1. The van der Waals surface area contributed by atoms with Crippen LogP contribution in [0.25, 0.3) is 16.5 Å². The number of benzene rings is 3. The highest BCUT2D eigenvalue weighted by molar-refractivity contribution is 6.04. The predicted octanol–water partition coefficient (Wildman–Crippen LogP) is 4.63. The van der Waals surface area contributed by atoms with Crippen LogP contribution < -0.4 is 10.5 Å². The molecule has 6 nitrogen and oxygen atoms in total. The van der Waals surface area contributed by atoms with E-state index in [1.165, 1.54) is 16.8 Å². The zero-order valence-corrected chi connectivity index (χ0v) is 20.1. The van der Waals surface area contributed by atoms with Crippen molar-refractivity contribution in [2.24, 2.45) is 0 Å². The van der Waals surface area contributed by atoms with E-state index in [0.717, 1.165) is 26.2 Å². The van der Waals surface area contributed by atoms with Crippen molar-refractivity contribution in [1.82, 2.24) is 9.47 Å². The van der Waals surface area contributed by atoms with E-state index in [4.69, 9.17) is 0 Å². The molecule has 1 N–H and O–H groups in total. The maximum Gasteiger partial charge on any atom is 0.338 e. The molecule has 5 rings (SSSR count). The van der Waals surface area contributed by atoms with Gasteiger partial charge in [-0.15, -0.1) is 0 Å². The molecule has 0 atom stereocenters. The maximum absolute atomic E-state index is 13.6. The molecule has 1 aromatic heterocycles. The number of aromatic carboxylic acids is 1. The van der Waals surface area contributed by atoms with Gasteiger partial charge >= 0.3 is 5.97 Å². The standard InChI is InChI=1S/C29H29N3O3/c1-20-12-13-25(21(2)18-20)31-16-14-30(15-17-31)19-26-27(29(34)35)23-10-6-7-11-24(23)28(33)32(26)22-8-4-3-5-9-22/h3-13,18H,14-17,19H2,1-2H3,(H,34,35). The number of piperazine rings is 1. The molecule has 2 heterocycles. The summed E-state index contributed by atoms with van der Waals surface area (Å²) in [5.74, 6) is -1.02. The SMILES string of the molecule is Cc1ccc(N2CCN(Cc3c(C(=O)O)c4ccccc4c(=O)n3-c3ccccc3)CC2)c(C)c1. The Morgan fingerprint density at radius 3 is 2.17 bits per heavy atom. The minimum atomic E-state index is -1.02. The summed E-state index contributed by atoms with van der Waals surface area (Å²) in [6.07, 6.45) is 0. The van der Waals surface area contributed by atoms with Crippen LogP contribution in [-0.2, 0) is 6.54 Å². The van der Waals surface area contributed by atoms with Gasteiger partial charge in [0.2, 0.25) is 0 Å². The number of para-hydroxylation sites is 1. The molecule has 0 radical (unpaired) electrons. The molecular weight excluding hydrogens is 438 g/mol. The van der Waals surface area contributed by atoms with Gasteiger partial charge in [0, 0.05) is 54.9 Å². The van der Waals surface area contributed by atoms with Crippen LogP contribution in [0, 0.1) is 13.8 Å². The fourth-order valence-electron chi connectivity index (χ4n) is 5.16. The number of pyridine rings is 1. The third kappa shape index (κ3) is 4.33. The molecule has 35 heavy (non-hydrogen) atoms. The second kappa shape index (κ2) is 9.39. The van der Waals surface area contributed by atoms with Gasteiger partial charge in [-0.1, -0.05) is 54.1 Å². The number of aryl methyl sites for hydroxylation is 2. The summed E-state index contributed by atoms with van der Waals surface area (Å²) in [6.45, 7) is 7.87. The van der Waals surface area contributed by atoms with E-state index in [1.54, 1.807) is 28.8 Å². The molecule has 0 amide bonds. The third-order valence-electron chi connectivity index (χ3n) is 6.86. The molecule has 178 valence electrons. The number of hydrogen-bond acceptors (Lipinski definition) is 4. The number of nitrogens with zero attached hydrogens (tertiary/aromatic N) is 3. The van der Waals surface area contributed by atoms with Crippen molar-refractivity contribution in [2.75, 3.05) is 31.1 Å². The molecule has 6 heteroatoms. The van der Waals surface area contributed by atoms with E-state index in [9.17, 15) is 14.7 Å². The summed E-state index contributed by atoms with van der Waals surface area (Å²) < 4.78 is 1.59. The van der Waals surface area contributed by atoms with Crippen LogP contribution in [0.5, 0.6) is 0 Å². The number of hydrogen-bond donors (Lipinski definition) is 1. The zero-order valence-electron chi connectivity index (χ0n) is 20.1. The van der Waals surface area contributed by atoms with Crippen LogP contribution in [-0.4, -0.2) is 46.7 Å². The summed E-state index contributed by atoms with van der Waals surface area (Å²) in [5, 5.41) is 11.2. The number of fused-ring (bicyclic) bond motifs is 1. The first-order chi connectivity index (χ1) is 16.9. The Bertz CT molecular complexity index is 1450. The molecule has 0 aliphatic carbocycles. The minimum absolute atomic E-state index is 0.194. The lowest BCUT2D eigenvalue weighted by Gasteiger charge is -2.37. The Kier molecular flexibility index (Phi) is 6.14. The Balaban J connectivity index is 1.53. The number of rotatable bonds is 5. The summed E-state index contributed by atoms with van der Waals surface area (Å²) in [7, 11) is 0. The Labute approximate surface area is 204 Å². The highest BCUT2D eigenvalue weighted by atomic mass is 16.4. The van der Waals surface area contributed by atoms with Gasteiger partial charge in [-0.2, -0.15) is 0 Å². The highest BCUT2D eigenvalue weighted by Gasteiger charge is 2.26.